The van der Waals surface area contributed by atoms with E-state index in [0.29, 0.717) is 15.7 Å². The zero-order chi connectivity index (χ0) is 22.8. The molecule has 32 heavy (non-hydrogen) atoms. The number of rotatable bonds is 5. The molecule has 1 saturated heterocycles. The number of amides is 1. The molecule has 2 heterocycles. The Balaban J connectivity index is 1.41. The summed E-state index contributed by atoms with van der Waals surface area (Å²) in [5, 5.41) is 4.19. The second-order valence-electron chi connectivity index (χ2n) is 8.21. The molecule has 3 aromatic rings. The first-order valence-electron chi connectivity index (χ1n) is 10.7. The van der Waals surface area contributed by atoms with Crippen molar-refractivity contribution < 1.29 is 4.79 Å². The lowest BCUT2D eigenvalue weighted by Gasteiger charge is -2.31. The smallest absolute Gasteiger partial charge is 0.295 e. The molecule has 168 valence electrons. The van der Waals surface area contributed by atoms with Crippen LogP contribution < -0.4 is 10.9 Å². The lowest BCUT2D eigenvalue weighted by atomic mass is 9.95. The Morgan fingerprint density at radius 3 is 2.44 bits per heavy atom. The predicted octanol–water partition coefficient (Wildman–Crippen LogP) is 4.64. The maximum atomic E-state index is 13.0. The van der Waals surface area contributed by atoms with Gasteiger partial charge in [0, 0.05) is 29.6 Å². The zero-order valence-corrected chi connectivity index (χ0v) is 19.7. The summed E-state index contributed by atoms with van der Waals surface area (Å²) in [7, 11) is 1.82. The van der Waals surface area contributed by atoms with Gasteiger partial charge in [-0.1, -0.05) is 47.5 Å². The molecule has 8 heteroatoms. The van der Waals surface area contributed by atoms with Crippen LogP contribution in [-0.4, -0.2) is 33.3 Å². The van der Waals surface area contributed by atoms with Gasteiger partial charge in [0.25, 0.3) is 5.56 Å². The number of para-hydroxylation sites is 1. The minimum Gasteiger partial charge on any atom is -0.320 e. The maximum absolute atomic E-state index is 13.0. The largest absolute Gasteiger partial charge is 0.320 e. The molecular formula is C24H26Cl2N4O2. The van der Waals surface area contributed by atoms with Gasteiger partial charge in [0.05, 0.1) is 11.4 Å². The molecule has 0 bridgehead atoms. The van der Waals surface area contributed by atoms with E-state index in [1.165, 1.54) is 0 Å². The van der Waals surface area contributed by atoms with Crippen LogP contribution >= 0.6 is 23.2 Å². The third kappa shape index (κ3) is 4.63. The quantitative estimate of drug-likeness (QED) is 0.588. The zero-order valence-electron chi connectivity index (χ0n) is 18.1. The van der Waals surface area contributed by atoms with Crippen LogP contribution in [0.25, 0.3) is 5.69 Å². The van der Waals surface area contributed by atoms with Crippen molar-refractivity contribution in [1.29, 1.82) is 0 Å². The molecule has 0 radical (unpaired) electrons. The lowest BCUT2D eigenvalue weighted by Crippen LogP contribution is -2.38. The number of nitrogens with one attached hydrogen (secondary N) is 1. The Morgan fingerprint density at radius 1 is 1.09 bits per heavy atom. The van der Waals surface area contributed by atoms with E-state index in [4.69, 9.17) is 23.2 Å². The van der Waals surface area contributed by atoms with Gasteiger partial charge in [-0.25, -0.2) is 4.68 Å². The average molecular weight is 473 g/mol. The number of aromatic nitrogens is 2. The number of benzene rings is 2. The highest BCUT2D eigenvalue weighted by molar-refractivity contribution is 6.35. The third-order valence-electron chi connectivity index (χ3n) is 6.17. The molecule has 1 aliphatic heterocycles. The number of hydrogen-bond acceptors (Lipinski definition) is 3. The highest BCUT2D eigenvalue weighted by atomic mass is 35.5. The minimum atomic E-state index is -0.223. The van der Waals surface area contributed by atoms with Crippen molar-refractivity contribution in [2.45, 2.75) is 26.3 Å². The Hall–Kier alpha value is -2.54. The van der Waals surface area contributed by atoms with Crippen molar-refractivity contribution in [2.75, 3.05) is 18.4 Å². The van der Waals surface area contributed by atoms with Crippen LogP contribution in [0.15, 0.2) is 53.3 Å². The van der Waals surface area contributed by atoms with E-state index in [1.54, 1.807) is 15.4 Å². The molecule has 6 nitrogen and oxygen atoms in total. The van der Waals surface area contributed by atoms with Crippen LogP contribution in [0, 0.1) is 12.8 Å². The number of piperidine rings is 1. The Kier molecular flexibility index (Phi) is 6.74. The summed E-state index contributed by atoms with van der Waals surface area (Å²) >= 11 is 12.3. The van der Waals surface area contributed by atoms with E-state index in [2.05, 4.69) is 10.2 Å². The summed E-state index contributed by atoms with van der Waals surface area (Å²) in [6.45, 7) is 4.15. The van der Waals surface area contributed by atoms with Crippen molar-refractivity contribution in [1.82, 2.24) is 14.3 Å². The number of likely N-dealkylation sites (tertiary alicyclic amines) is 1. The Morgan fingerprint density at radius 2 is 1.78 bits per heavy atom. The Labute approximate surface area is 197 Å². The first kappa shape index (κ1) is 22.6. The van der Waals surface area contributed by atoms with E-state index in [0.717, 1.165) is 49.4 Å². The van der Waals surface area contributed by atoms with Crippen molar-refractivity contribution >= 4 is 34.8 Å². The van der Waals surface area contributed by atoms with Crippen LogP contribution in [0.1, 0.15) is 24.1 Å². The number of anilines is 1. The maximum Gasteiger partial charge on any atom is 0.295 e. The van der Waals surface area contributed by atoms with Crippen LogP contribution in [0.4, 0.5) is 5.69 Å². The van der Waals surface area contributed by atoms with Crippen LogP contribution in [0.2, 0.25) is 10.0 Å². The third-order valence-corrected chi connectivity index (χ3v) is 6.76. The van der Waals surface area contributed by atoms with Crippen LogP contribution in [0.5, 0.6) is 0 Å². The van der Waals surface area contributed by atoms with Crippen LogP contribution in [-0.2, 0) is 18.4 Å². The summed E-state index contributed by atoms with van der Waals surface area (Å²) in [6, 6.07) is 14.9. The second-order valence-corrected chi connectivity index (χ2v) is 9.06. The standard InChI is InChI=1S/C24H26Cl2N4O2/c1-16-22(24(32)30(28(16)2)20-6-4-3-5-7-20)27-23(31)17-10-12-29(13-11-17)15-18-8-9-19(25)14-21(18)26/h3-9,14,17H,10-13,15H2,1-2H3,(H,27,31). The molecule has 1 amide bonds. The normalized spacial score (nSPS) is 15.1. The number of hydrogen-bond donors (Lipinski definition) is 1. The van der Waals surface area contributed by atoms with Gasteiger partial charge in [-0.3, -0.25) is 19.2 Å². The fourth-order valence-corrected chi connectivity index (χ4v) is 4.65. The molecular weight excluding hydrogens is 447 g/mol. The fraction of sp³-hybridized carbons (Fsp3) is 0.333. The first-order chi connectivity index (χ1) is 15.3. The highest BCUT2D eigenvalue weighted by Crippen LogP contribution is 2.25. The molecule has 4 rings (SSSR count). The molecule has 0 saturated carbocycles. The average Bonchev–Trinajstić information content (AvgIpc) is 3.00. The SMILES string of the molecule is Cc1c(NC(=O)C2CCN(Cc3ccc(Cl)cc3Cl)CC2)c(=O)n(-c2ccccc2)n1C. The summed E-state index contributed by atoms with van der Waals surface area (Å²) in [6.07, 6.45) is 1.46. The van der Waals surface area contributed by atoms with E-state index in [-0.39, 0.29) is 17.4 Å². The summed E-state index contributed by atoms with van der Waals surface area (Å²) in [5.41, 5.74) is 2.64. The highest BCUT2D eigenvalue weighted by Gasteiger charge is 2.27. The molecule has 2 aromatic carbocycles. The topological polar surface area (TPSA) is 59.3 Å². The second kappa shape index (κ2) is 9.53. The summed E-state index contributed by atoms with van der Waals surface area (Å²) in [5.74, 6) is -0.226. The molecule has 0 unspecified atom stereocenters. The van der Waals surface area contributed by atoms with E-state index >= 15 is 0 Å². The molecule has 0 spiro atoms. The lowest BCUT2D eigenvalue weighted by molar-refractivity contribution is -0.121. The minimum absolute atomic E-state index is 0.0970. The molecule has 0 aliphatic carbocycles. The monoisotopic (exact) mass is 472 g/mol. The number of carbonyl (C=O) groups is 1. The van der Waals surface area contributed by atoms with Gasteiger partial charge >= 0.3 is 0 Å². The molecule has 1 aromatic heterocycles. The number of halogens is 2. The molecule has 1 fully saturated rings. The van der Waals surface area contributed by atoms with Crippen molar-refractivity contribution in [3.05, 3.63) is 80.2 Å². The van der Waals surface area contributed by atoms with Crippen molar-refractivity contribution in [2.24, 2.45) is 13.0 Å². The van der Waals surface area contributed by atoms with Gasteiger partial charge in [-0.2, -0.15) is 0 Å². The van der Waals surface area contributed by atoms with Gasteiger partial charge in [-0.15, -0.1) is 0 Å². The first-order valence-corrected chi connectivity index (χ1v) is 11.4. The fourth-order valence-electron chi connectivity index (χ4n) is 4.18. The molecule has 1 N–H and O–H groups in total. The van der Waals surface area contributed by atoms with Crippen LogP contribution in [0.3, 0.4) is 0 Å². The summed E-state index contributed by atoms with van der Waals surface area (Å²) in [4.78, 5) is 28.3. The van der Waals surface area contributed by atoms with Gasteiger partial charge in [0.1, 0.15) is 5.69 Å². The molecule has 0 atom stereocenters. The molecule has 1 aliphatic rings. The van der Waals surface area contributed by atoms with E-state index < -0.39 is 0 Å². The number of carbonyl (C=O) groups excluding carboxylic acids is 1. The van der Waals surface area contributed by atoms with Gasteiger partial charge in [0.2, 0.25) is 5.91 Å². The van der Waals surface area contributed by atoms with Gasteiger partial charge in [-0.05, 0) is 62.7 Å². The van der Waals surface area contributed by atoms with Gasteiger partial charge in [0.15, 0.2) is 0 Å². The van der Waals surface area contributed by atoms with E-state index in [9.17, 15) is 9.59 Å². The van der Waals surface area contributed by atoms with Crippen molar-refractivity contribution in [3.8, 4) is 5.69 Å². The summed E-state index contributed by atoms with van der Waals surface area (Å²) < 4.78 is 3.34. The Bertz CT molecular complexity index is 1180. The van der Waals surface area contributed by atoms with Crippen molar-refractivity contribution in [3.63, 3.8) is 0 Å². The van der Waals surface area contributed by atoms with Gasteiger partial charge < -0.3 is 5.32 Å². The number of nitrogens with zero attached hydrogens (tertiary/aromatic N) is 3. The predicted molar refractivity (Wildman–Crippen MR) is 129 cm³/mol. The van der Waals surface area contributed by atoms with E-state index in [1.807, 2.05) is 56.4 Å².